The molecule has 0 amide bonds. The molecular formula is C29H33F3N4OS. The Bertz CT molecular complexity index is 1330. The van der Waals surface area contributed by atoms with Crippen molar-refractivity contribution in [3.05, 3.63) is 70.9 Å². The second kappa shape index (κ2) is 10.8. The molecule has 5 atom stereocenters. The molecule has 3 aromatic rings. The Balaban J connectivity index is 1.49. The van der Waals surface area contributed by atoms with Crippen LogP contribution in [-0.2, 0) is 12.8 Å². The van der Waals surface area contributed by atoms with Gasteiger partial charge in [-0.2, -0.15) is 13.2 Å². The lowest BCUT2D eigenvalue weighted by molar-refractivity contribution is -0.137. The highest BCUT2D eigenvalue weighted by molar-refractivity contribution is 7.80. The molecule has 0 saturated carbocycles. The van der Waals surface area contributed by atoms with E-state index in [1.165, 1.54) is 6.42 Å². The highest BCUT2D eigenvalue weighted by atomic mass is 32.1. The number of benzene rings is 2. The molecular weight excluding hydrogens is 509 g/mol. The van der Waals surface area contributed by atoms with Gasteiger partial charge in [-0.3, -0.25) is 9.88 Å². The molecule has 0 spiro atoms. The number of halogens is 3. The van der Waals surface area contributed by atoms with Crippen molar-refractivity contribution in [3.63, 3.8) is 0 Å². The topological polar surface area (TPSA) is 60.4 Å². The number of aliphatic hydroxyl groups is 1. The smallest absolute Gasteiger partial charge is 0.392 e. The normalized spacial score (nSPS) is 23.8. The minimum atomic E-state index is -4.44. The monoisotopic (exact) mass is 542 g/mol. The first-order chi connectivity index (χ1) is 18.2. The average Bonchev–Trinajstić information content (AvgIpc) is 2.90. The minimum absolute atomic E-state index is 0.0763. The number of pyridine rings is 1. The molecule has 4 heterocycles. The van der Waals surface area contributed by atoms with Crippen molar-refractivity contribution < 1.29 is 18.3 Å². The van der Waals surface area contributed by atoms with Gasteiger partial charge in [-0.05, 0) is 103 Å². The molecule has 202 valence electrons. The van der Waals surface area contributed by atoms with E-state index in [0.717, 1.165) is 60.1 Å². The quantitative estimate of drug-likeness (QED) is 0.323. The third-order valence-electron chi connectivity index (χ3n) is 8.15. The SMILES string of the molecule is CCC1CN2CCC1CC2[C@@H](NC(=S)Nc1cc(C)cc(C(F)(F)F)c1)c1ccnc2ccc(CO)cc12. The van der Waals surface area contributed by atoms with Crippen molar-refractivity contribution in [2.24, 2.45) is 11.8 Å². The van der Waals surface area contributed by atoms with Crippen LogP contribution in [0.5, 0.6) is 0 Å². The van der Waals surface area contributed by atoms with E-state index in [4.69, 9.17) is 12.2 Å². The summed E-state index contributed by atoms with van der Waals surface area (Å²) in [6.45, 7) is 5.86. The summed E-state index contributed by atoms with van der Waals surface area (Å²) >= 11 is 5.69. The molecule has 1 aromatic heterocycles. The number of rotatable bonds is 6. The van der Waals surface area contributed by atoms with E-state index in [-0.39, 0.29) is 23.8 Å². The molecule has 3 saturated heterocycles. The van der Waals surface area contributed by atoms with Gasteiger partial charge in [-0.25, -0.2) is 0 Å². The summed E-state index contributed by atoms with van der Waals surface area (Å²) in [5.74, 6) is 1.31. The van der Waals surface area contributed by atoms with E-state index >= 15 is 0 Å². The standard InChI is InChI=1S/C29H33F3N4OS/c1-3-19-15-36-9-7-20(19)13-26(36)27(23-6-8-33-25-5-4-18(16-37)12-24(23)25)35-28(38)34-22-11-17(2)10-21(14-22)29(30,31)32/h4-6,8,10-12,14,19-20,26-27,37H,3,7,9,13,15-16H2,1-2H3,(H2,34,35,38)/t19?,20?,26?,27-/m0/s1. The maximum atomic E-state index is 13.4. The van der Waals surface area contributed by atoms with Crippen molar-refractivity contribution >= 4 is 33.9 Å². The summed E-state index contributed by atoms with van der Waals surface area (Å²) < 4.78 is 40.2. The molecule has 0 aliphatic carbocycles. The van der Waals surface area contributed by atoms with Gasteiger partial charge in [0.1, 0.15) is 0 Å². The number of aryl methyl sites for hydroxylation is 1. The largest absolute Gasteiger partial charge is 0.416 e. The van der Waals surface area contributed by atoms with E-state index in [1.807, 2.05) is 24.3 Å². The van der Waals surface area contributed by atoms with E-state index in [9.17, 15) is 18.3 Å². The van der Waals surface area contributed by atoms with Crippen LogP contribution in [0.15, 0.2) is 48.7 Å². The predicted octanol–water partition coefficient (Wildman–Crippen LogP) is 6.20. The molecule has 2 aromatic carbocycles. The highest BCUT2D eigenvalue weighted by Crippen LogP contribution is 2.43. The van der Waals surface area contributed by atoms with Crippen LogP contribution in [-0.4, -0.2) is 39.2 Å². The Morgan fingerprint density at radius 3 is 2.71 bits per heavy atom. The minimum Gasteiger partial charge on any atom is -0.392 e. The van der Waals surface area contributed by atoms with Crippen molar-refractivity contribution in [2.75, 3.05) is 18.4 Å². The summed E-state index contributed by atoms with van der Waals surface area (Å²) in [4.78, 5) is 7.06. The van der Waals surface area contributed by atoms with Gasteiger partial charge in [0.25, 0.3) is 0 Å². The van der Waals surface area contributed by atoms with Crippen LogP contribution in [0.4, 0.5) is 18.9 Å². The Morgan fingerprint density at radius 1 is 1.21 bits per heavy atom. The van der Waals surface area contributed by atoms with Gasteiger partial charge >= 0.3 is 6.18 Å². The fraction of sp³-hybridized carbons (Fsp3) is 0.448. The lowest BCUT2D eigenvalue weighted by Crippen LogP contribution is -2.58. The van der Waals surface area contributed by atoms with Crippen LogP contribution in [0.2, 0.25) is 0 Å². The molecule has 0 radical (unpaired) electrons. The van der Waals surface area contributed by atoms with Crippen LogP contribution < -0.4 is 10.6 Å². The number of fused-ring (bicyclic) bond motifs is 4. The van der Waals surface area contributed by atoms with Gasteiger partial charge in [0.05, 0.1) is 23.7 Å². The molecule has 3 fully saturated rings. The van der Waals surface area contributed by atoms with Gasteiger partial charge in [-0.1, -0.05) is 19.4 Å². The first kappa shape index (κ1) is 26.8. The van der Waals surface area contributed by atoms with Crippen molar-refractivity contribution in [1.82, 2.24) is 15.2 Å². The highest BCUT2D eigenvalue weighted by Gasteiger charge is 2.43. The van der Waals surface area contributed by atoms with E-state index in [0.29, 0.717) is 23.1 Å². The molecule has 3 aliphatic rings. The average molecular weight is 543 g/mol. The molecule has 9 heteroatoms. The number of hydrogen-bond acceptors (Lipinski definition) is 4. The van der Waals surface area contributed by atoms with Gasteiger partial charge in [0, 0.05) is 29.9 Å². The first-order valence-corrected chi connectivity index (χ1v) is 13.6. The van der Waals surface area contributed by atoms with Crippen LogP contribution in [0, 0.1) is 18.8 Å². The summed E-state index contributed by atoms with van der Waals surface area (Å²) in [5.41, 5.74) is 2.72. The van der Waals surface area contributed by atoms with E-state index < -0.39 is 11.7 Å². The lowest BCUT2D eigenvalue weighted by Gasteiger charge is -2.52. The number of piperidine rings is 3. The number of thiocarbonyl (C=S) groups is 1. The summed E-state index contributed by atoms with van der Waals surface area (Å²) in [6.07, 6.45) is 0.692. The van der Waals surface area contributed by atoms with E-state index in [2.05, 4.69) is 27.4 Å². The Hall–Kier alpha value is -2.75. The van der Waals surface area contributed by atoms with Crippen LogP contribution in [0.25, 0.3) is 10.9 Å². The maximum absolute atomic E-state index is 13.4. The van der Waals surface area contributed by atoms with Crippen molar-refractivity contribution in [2.45, 2.75) is 58.0 Å². The third-order valence-corrected chi connectivity index (χ3v) is 8.37. The molecule has 3 aliphatic heterocycles. The van der Waals surface area contributed by atoms with Gasteiger partial charge in [0.2, 0.25) is 0 Å². The number of hydrogen-bond donors (Lipinski definition) is 3. The fourth-order valence-corrected chi connectivity index (χ4v) is 6.53. The zero-order chi connectivity index (χ0) is 27.0. The molecule has 38 heavy (non-hydrogen) atoms. The number of anilines is 1. The number of aromatic nitrogens is 1. The molecule has 4 unspecified atom stereocenters. The van der Waals surface area contributed by atoms with Crippen molar-refractivity contribution in [1.29, 1.82) is 0 Å². The number of alkyl halides is 3. The maximum Gasteiger partial charge on any atom is 0.416 e. The first-order valence-electron chi connectivity index (χ1n) is 13.1. The van der Waals surface area contributed by atoms with Crippen LogP contribution >= 0.6 is 12.2 Å². The van der Waals surface area contributed by atoms with Crippen LogP contribution in [0.1, 0.15) is 54.5 Å². The number of nitrogens with zero attached hydrogens (tertiary/aromatic N) is 2. The zero-order valence-corrected chi connectivity index (χ0v) is 22.4. The summed E-state index contributed by atoms with van der Waals surface area (Å²) in [6, 6.07) is 11.6. The van der Waals surface area contributed by atoms with Gasteiger partial charge < -0.3 is 15.7 Å². The summed E-state index contributed by atoms with van der Waals surface area (Å²) in [5, 5.41) is 17.5. The summed E-state index contributed by atoms with van der Waals surface area (Å²) in [7, 11) is 0. The lowest BCUT2D eigenvalue weighted by atomic mass is 9.72. The fourth-order valence-electron chi connectivity index (χ4n) is 6.28. The Kier molecular flexibility index (Phi) is 7.62. The van der Waals surface area contributed by atoms with Gasteiger partial charge in [-0.15, -0.1) is 0 Å². The molecule has 6 rings (SSSR count). The van der Waals surface area contributed by atoms with Gasteiger partial charge in [0.15, 0.2) is 5.11 Å². The molecule has 3 N–H and O–H groups in total. The van der Waals surface area contributed by atoms with E-state index in [1.54, 1.807) is 19.2 Å². The van der Waals surface area contributed by atoms with Crippen LogP contribution in [0.3, 0.4) is 0 Å². The van der Waals surface area contributed by atoms with Crippen molar-refractivity contribution in [3.8, 4) is 0 Å². The molecule has 5 nitrogen and oxygen atoms in total. The zero-order valence-electron chi connectivity index (χ0n) is 21.6. The Morgan fingerprint density at radius 2 is 2.03 bits per heavy atom. The second-order valence-electron chi connectivity index (χ2n) is 10.6. The second-order valence-corrected chi connectivity index (χ2v) is 11.0. The Labute approximate surface area is 226 Å². The predicted molar refractivity (Wildman–Crippen MR) is 148 cm³/mol. The molecule has 2 bridgehead atoms. The number of aliphatic hydroxyl groups excluding tert-OH is 1. The number of nitrogens with one attached hydrogen (secondary N) is 2. The third kappa shape index (κ3) is 5.51.